The van der Waals surface area contributed by atoms with E-state index in [0.29, 0.717) is 11.3 Å². The molecule has 27 heavy (non-hydrogen) atoms. The van der Waals surface area contributed by atoms with Gasteiger partial charge >= 0.3 is 12.3 Å². The van der Waals surface area contributed by atoms with Crippen LogP contribution in [0, 0.1) is 5.82 Å². The fourth-order valence-electron chi connectivity index (χ4n) is 2.27. The fourth-order valence-corrected chi connectivity index (χ4v) is 3.14. The Labute approximate surface area is 155 Å². The Morgan fingerprint density at radius 3 is 2.37 bits per heavy atom. The van der Waals surface area contributed by atoms with Crippen molar-refractivity contribution in [1.82, 2.24) is 10.9 Å². The molecule has 0 bridgehead atoms. The van der Waals surface area contributed by atoms with Gasteiger partial charge in [-0.15, -0.1) is 0 Å². The highest BCUT2D eigenvalue weighted by Gasteiger charge is 2.19. The molecule has 0 aliphatic rings. The molecule has 146 valence electrons. The van der Waals surface area contributed by atoms with Crippen molar-refractivity contribution in [3.8, 4) is 0 Å². The Kier molecular flexibility index (Phi) is 6.81. The topological polar surface area (TPSA) is 78.5 Å². The molecule has 0 unspecified atom stereocenters. The Morgan fingerprint density at radius 1 is 1.15 bits per heavy atom. The maximum absolute atomic E-state index is 14.4. The maximum atomic E-state index is 14.4. The number of nitrogens with zero attached hydrogens (tertiary/aromatic N) is 1. The van der Waals surface area contributed by atoms with Crippen molar-refractivity contribution in [2.24, 2.45) is 0 Å². The first-order chi connectivity index (χ1) is 12.7. The van der Waals surface area contributed by atoms with Gasteiger partial charge in [0.25, 0.3) is 0 Å². The second-order valence-electron chi connectivity index (χ2n) is 5.67. The molecule has 0 aliphatic heterocycles. The smallest absolute Gasteiger partial charge is 0.286 e. The van der Waals surface area contributed by atoms with Crippen molar-refractivity contribution >= 4 is 21.6 Å². The quantitative estimate of drug-likeness (QED) is 0.665. The summed E-state index contributed by atoms with van der Waals surface area (Å²) in [6.45, 7) is -0.283. The molecular formula is C17H18F3N3O3S. The zero-order chi connectivity index (χ0) is 20.0. The van der Waals surface area contributed by atoms with Crippen LogP contribution in [-0.2, 0) is 27.9 Å². The van der Waals surface area contributed by atoms with Crippen LogP contribution in [0.25, 0.3) is 0 Å². The van der Waals surface area contributed by atoms with Crippen LogP contribution >= 0.6 is 0 Å². The lowest BCUT2D eigenvalue weighted by Gasteiger charge is -2.23. The molecule has 2 aromatic rings. The highest BCUT2D eigenvalue weighted by Crippen LogP contribution is 2.21. The summed E-state index contributed by atoms with van der Waals surface area (Å²) in [4.78, 5) is 10.7. The number of alkyl halides is 2. The standard InChI is InChI=1S/C17H18F3N3O3S/c1-27(25,26)23(14-5-3-2-4-6-14)11-13-8-7-12(9-15(13)18)10-21-22-17(24)16(19)20/h2-9,16,21H,10-11H2,1H3,(H,22,24). The molecule has 6 nitrogen and oxygen atoms in total. The van der Waals surface area contributed by atoms with Crippen molar-refractivity contribution in [2.75, 3.05) is 10.6 Å². The van der Waals surface area contributed by atoms with Gasteiger partial charge in [-0.1, -0.05) is 30.3 Å². The molecule has 0 atom stereocenters. The summed E-state index contributed by atoms with van der Waals surface area (Å²) in [5.41, 5.74) is 4.99. The number of carbonyl (C=O) groups excluding carboxylic acids is 1. The van der Waals surface area contributed by atoms with Crippen LogP contribution in [0.15, 0.2) is 48.5 Å². The average Bonchev–Trinajstić information content (AvgIpc) is 2.60. The van der Waals surface area contributed by atoms with E-state index in [1.165, 1.54) is 12.1 Å². The average molecular weight is 401 g/mol. The monoisotopic (exact) mass is 401 g/mol. The van der Waals surface area contributed by atoms with Crippen LogP contribution < -0.4 is 15.2 Å². The molecule has 2 aromatic carbocycles. The molecule has 0 spiro atoms. The minimum absolute atomic E-state index is 0.0792. The van der Waals surface area contributed by atoms with Gasteiger partial charge < -0.3 is 0 Å². The summed E-state index contributed by atoms with van der Waals surface area (Å²) in [6.07, 6.45) is -2.13. The molecule has 0 saturated heterocycles. The van der Waals surface area contributed by atoms with Crippen LogP contribution in [0.5, 0.6) is 0 Å². The first kappa shape index (κ1) is 20.7. The lowest BCUT2D eigenvalue weighted by atomic mass is 10.1. The van der Waals surface area contributed by atoms with Gasteiger partial charge in [-0.3, -0.25) is 14.5 Å². The lowest BCUT2D eigenvalue weighted by Crippen LogP contribution is -2.40. The number of benzene rings is 2. The summed E-state index contributed by atoms with van der Waals surface area (Å²) in [7, 11) is -3.64. The number of sulfonamides is 1. The normalized spacial score (nSPS) is 11.4. The first-order valence-corrected chi connectivity index (χ1v) is 9.64. The van der Waals surface area contributed by atoms with Gasteiger partial charge in [0.05, 0.1) is 18.5 Å². The number of hydrogen-bond donors (Lipinski definition) is 2. The molecule has 1 amide bonds. The summed E-state index contributed by atoms with van der Waals surface area (Å²) in [5.74, 6) is -2.14. The van der Waals surface area contributed by atoms with E-state index in [-0.39, 0.29) is 18.7 Å². The molecule has 2 N–H and O–H groups in total. The number of rotatable bonds is 8. The third-order valence-corrected chi connectivity index (χ3v) is 4.72. The molecule has 0 aromatic heterocycles. The fraction of sp³-hybridized carbons (Fsp3) is 0.235. The van der Waals surface area contributed by atoms with E-state index >= 15 is 0 Å². The molecule has 0 saturated carbocycles. The Hall–Kier alpha value is -2.59. The molecule has 10 heteroatoms. The van der Waals surface area contributed by atoms with Crippen molar-refractivity contribution < 1.29 is 26.4 Å². The summed E-state index contributed by atoms with van der Waals surface area (Å²) in [6, 6.07) is 12.3. The highest BCUT2D eigenvalue weighted by atomic mass is 32.2. The lowest BCUT2D eigenvalue weighted by molar-refractivity contribution is -0.132. The molecule has 2 rings (SSSR count). The summed E-state index contributed by atoms with van der Waals surface area (Å²) >= 11 is 0. The van der Waals surface area contributed by atoms with Gasteiger partial charge in [-0.25, -0.2) is 18.2 Å². The van der Waals surface area contributed by atoms with Gasteiger partial charge in [0.15, 0.2) is 0 Å². The van der Waals surface area contributed by atoms with Crippen LogP contribution in [-0.4, -0.2) is 27.0 Å². The third kappa shape index (κ3) is 5.97. The third-order valence-electron chi connectivity index (χ3n) is 3.58. The minimum atomic E-state index is -3.64. The van der Waals surface area contributed by atoms with Crippen molar-refractivity contribution in [3.05, 3.63) is 65.5 Å². The van der Waals surface area contributed by atoms with Gasteiger partial charge in [-0.05, 0) is 23.8 Å². The van der Waals surface area contributed by atoms with Crippen LogP contribution in [0.4, 0.5) is 18.9 Å². The summed E-state index contributed by atoms with van der Waals surface area (Å²) in [5, 5.41) is 0. The molecule has 0 fully saturated rings. The van der Waals surface area contributed by atoms with E-state index in [1.54, 1.807) is 35.8 Å². The van der Waals surface area contributed by atoms with Gasteiger partial charge in [-0.2, -0.15) is 8.78 Å². The van der Waals surface area contributed by atoms with Gasteiger partial charge in [0.2, 0.25) is 10.0 Å². The van der Waals surface area contributed by atoms with Crippen molar-refractivity contribution in [1.29, 1.82) is 0 Å². The largest absolute Gasteiger partial charge is 0.316 e. The molecule has 0 radical (unpaired) electrons. The van der Waals surface area contributed by atoms with E-state index in [1.807, 2.05) is 0 Å². The van der Waals surface area contributed by atoms with Crippen molar-refractivity contribution in [2.45, 2.75) is 19.5 Å². The second-order valence-corrected chi connectivity index (χ2v) is 7.58. The van der Waals surface area contributed by atoms with Crippen molar-refractivity contribution in [3.63, 3.8) is 0 Å². The Bertz CT molecular complexity index is 893. The van der Waals surface area contributed by atoms with Gasteiger partial charge in [0.1, 0.15) is 5.82 Å². The van der Waals surface area contributed by atoms with E-state index < -0.39 is 28.2 Å². The number of halogens is 3. The number of hydrogen-bond acceptors (Lipinski definition) is 4. The number of para-hydroxylation sites is 1. The Morgan fingerprint density at radius 2 is 1.81 bits per heavy atom. The van der Waals surface area contributed by atoms with Crippen LogP contribution in [0.2, 0.25) is 0 Å². The predicted octanol–water partition coefficient (Wildman–Crippen LogP) is 2.18. The number of anilines is 1. The number of nitrogens with one attached hydrogen (secondary N) is 2. The summed E-state index contributed by atoms with van der Waals surface area (Å²) < 4.78 is 63.7. The predicted molar refractivity (Wildman–Crippen MR) is 94.9 cm³/mol. The Balaban J connectivity index is 2.11. The van der Waals surface area contributed by atoms with Gasteiger partial charge in [0, 0.05) is 12.1 Å². The number of hydrazine groups is 1. The zero-order valence-corrected chi connectivity index (χ0v) is 15.1. The minimum Gasteiger partial charge on any atom is -0.286 e. The van der Waals surface area contributed by atoms with E-state index in [0.717, 1.165) is 16.6 Å². The number of carbonyl (C=O) groups is 1. The highest BCUT2D eigenvalue weighted by molar-refractivity contribution is 7.92. The van der Waals surface area contributed by atoms with E-state index in [2.05, 4.69) is 5.43 Å². The van der Waals surface area contributed by atoms with E-state index in [4.69, 9.17) is 0 Å². The van der Waals surface area contributed by atoms with E-state index in [9.17, 15) is 26.4 Å². The van der Waals surface area contributed by atoms with Crippen LogP contribution in [0.1, 0.15) is 11.1 Å². The maximum Gasteiger partial charge on any atom is 0.316 e. The molecule has 0 aliphatic carbocycles. The second kappa shape index (κ2) is 8.87. The molecule has 0 heterocycles. The van der Waals surface area contributed by atoms with Crippen LogP contribution in [0.3, 0.4) is 0 Å². The molecular weight excluding hydrogens is 383 g/mol. The SMILES string of the molecule is CS(=O)(=O)N(Cc1ccc(CNNC(=O)C(F)F)cc1F)c1ccccc1. The first-order valence-electron chi connectivity index (χ1n) is 7.79. The zero-order valence-electron chi connectivity index (χ0n) is 14.3. The number of amides is 1.